The lowest BCUT2D eigenvalue weighted by Gasteiger charge is -2.29. The van der Waals surface area contributed by atoms with E-state index in [1.54, 1.807) is 6.08 Å². The molecule has 2 aromatic carbocycles. The molecule has 2 aromatic rings. The van der Waals surface area contributed by atoms with Gasteiger partial charge in [-0.1, -0.05) is 30.3 Å². The van der Waals surface area contributed by atoms with Crippen molar-refractivity contribution in [3.8, 4) is 0 Å². The Labute approximate surface area is 128 Å². The van der Waals surface area contributed by atoms with Crippen molar-refractivity contribution in [1.82, 2.24) is 0 Å². The average Bonchev–Trinajstić information content (AvgIpc) is 2.47. The molecule has 0 aromatic heterocycles. The van der Waals surface area contributed by atoms with Gasteiger partial charge in [-0.05, 0) is 34.5 Å². The van der Waals surface area contributed by atoms with Crippen LogP contribution < -0.4 is 0 Å². The normalized spacial score (nSPS) is 19.5. The number of hydrogen-bond donors (Lipinski definition) is 0. The topological polar surface area (TPSA) is 52.6 Å². The molecule has 22 heavy (non-hydrogen) atoms. The molecule has 112 valence electrons. The molecule has 0 aliphatic heterocycles. The minimum Gasteiger partial charge on any atom is -0.454 e. The highest BCUT2D eigenvalue weighted by atomic mass is 16.6. The standard InChI is InChI=1S/C18H16O4/c1-11(19)21-17-8-7-15-9-13-5-3-4-6-14(13)10-16(15)18(17)22-12(2)20/h3-10,17-18H,1-2H3/t17-,18-/m1/s1. The second kappa shape index (κ2) is 5.64. The van der Waals surface area contributed by atoms with Crippen molar-refractivity contribution in [3.05, 3.63) is 53.6 Å². The molecular formula is C18H16O4. The van der Waals surface area contributed by atoms with Gasteiger partial charge in [0.05, 0.1) is 0 Å². The van der Waals surface area contributed by atoms with Crippen molar-refractivity contribution in [1.29, 1.82) is 0 Å². The van der Waals surface area contributed by atoms with Gasteiger partial charge < -0.3 is 9.47 Å². The molecule has 0 N–H and O–H groups in total. The number of esters is 2. The van der Waals surface area contributed by atoms with Gasteiger partial charge in [-0.25, -0.2) is 0 Å². The third-order valence-electron chi connectivity index (χ3n) is 3.62. The second-order valence-corrected chi connectivity index (χ2v) is 5.29. The first-order valence-corrected chi connectivity index (χ1v) is 7.10. The molecule has 0 amide bonds. The molecule has 0 unspecified atom stereocenters. The Morgan fingerprint density at radius 1 is 0.955 bits per heavy atom. The number of fused-ring (bicyclic) bond motifs is 2. The van der Waals surface area contributed by atoms with Crippen molar-refractivity contribution in [2.75, 3.05) is 0 Å². The molecule has 0 spiro atoms. The fourth-order valence-corrected chi connectivity index (χ4v) is 2.74. The summed E-state index contributed by atoms with van der Waals surface area (Å²) in [5.74, 6) is -0.812. The van der Waals surface area contributed by atoms with Crippen molar-refractivity contribution in [2.45, 2.75) is 26.1 Å². The fourth-order valence-electron chi connectivity index (χ4n) is 2.74. The van der Waals surface area contributed by atoms with Gasteiger partial charge in [-0.2, -0.15) is 0 Å². The second-order valence-electron chi connectivity index (χ2n) is 5.29. The van der Waals surface area contributed by atoms with E-state index in [0.717, 1.165) is 21.9 Å². The quantitative estimate of drug-likeness (QED) is 0.797. The Bertz CT molecular complexity index is 776. The minimum absolute atomic E-state index is 0.406. The zero-order chi connectivity index (χ0) is 15.7. The Balaban J connectivity index is 2.10. The number of benzene rings is 2. The first-order valence-electron chi connectivity index (χ1n) is 7.10. The summed E-state index contributed by atoms with van der Waals surface area (Å²) in [5.41, 5.74) is 1.82. The molecule has 4 nitrogen and oxygen atoms in total. The summed E-state index contributed by atoms with van der Waals surface area (Å²) in [7, 11) is 0. The van der Waals surface area contributed by atoms with E-state index in [-0.39, 0.29) is 0 Å². The number of rotatable bonds is 2. The first-order chi connectivity index (χ1) is 10.5. The third-order valence-corrected chi connectivity index (χ3v) is 3.62. The van der Waals surface area contributed by atoms with Gasteiger partial charge in [0.1, 0.15) is 0 Å². The predicted molar refractivity (Wildman–Crippen MR) is 83.0 cm³/mol. The lowest BCUT2D eigenvalue weighted by atomic mass is 9.90. The van der Waals surface area contributed by atoms with Gasteiger partial charge >= 0.3 is 11.9 Å². The van der Waals surface area contributed by atoms with Crippen LogP contribution in [-0.2, 0) is 19.1 Å². The molecule has 0 saturated carbocycles. The van der Waals surface area contributed by atoms with Gasteiger partial charge in [-0.15, -0.1) is 0 Å². The Morgan fingerprint density at radius 2 is 1.59 bits per heavy atom. The molecule has 4 heteroatoms. The van der Waals surface area contributed by atoms with Crippen LogP contribution in [-0.4, -0.2) is 18.0 Å². The van der Waals surface area contributed by atoms with Crippen molar-refractivity contribution in [2.24, 2.45) is 0 Å². The number of carbonyl (C=O) groups is 2. The maximum atomic E-state index is 11.4. The molecule has 2 atom stereocenters. The summed E-state index contributed by atoms with van der Waals surface area (Å²) in [5, 5.41) is 2.16. The van der Waals surface area contributed by atoms with Crippen LogP contribution in [0.15, 0.2) is 42.5 Å². The number of carbonyl (C=O) groups excluding carboxylic acids is 2. The fraction of sp³-hybridized carbons (Fsp3) is 0.222. The Morgan fingerprint density at radius 3 is 2.23 bits per heavy atom. The predicted octanol–water partition coefficient (Wildman–Crippen LogP) is 3.40. The Hall–Kier alpha value is -2.62. The summed E-state index contributed by atoms with van der Waals surface area (Å²) in [6.45, 7) is 2.69. The summed E-state index contributed by atoms with van der Waals surface area (Å²) >= 11 is 0. The molecule has 0 bridgehead atoms. The highest BCUT2D eigenvalue weighted by Gasteiger charge is 2.31. The van der Waals surface area contributed by atoms with Crippen LogP contribution in [0.2, 0.25) is 0 Å². The number of ether oxygens (including phenoxy) is 2. The number of hydrogen-bond acceptors (Lipinski definition) is 4. The zero-order valence-electron chi connectivity index (χ0n) is 12.4. The van der Waals surface area contributed by atoms with E-state index in [1.807, 2.05) is 42.5 Å². The lowest BCUT2D eigenvalue weighted by Crippen LogP contribution is -2.28. The first kappa shape index (κ1) is 14.3. The highest BCUT2D eigenvalue weighted by Crippen LogP contribution is 2.35. The van der Waals surface area contributed by atoms with E-state index in [4.69, 9.17) is 9.47 Å². The van der Waals surface area contributed by atoms with Gasteiger partial charge in [-0.3, -0.25) is 9.59 Å². The van der Waals surface area contributed by atoms with Gasteiger partial charge in [0.15, 0.2) is 12.2 Å². The van der Waals surface area contributed by atoms with E-state index in [0.29, 0.717) is 0 Å². The van der Waals surface area contributed by atoms with Crippen LogP contribution in [0.4, 0.5) is 0 Å². The smallest absolute Gasteiger partial charge is 0.303 e. The maximum absolute atomic E-state index is 11.4. The SMILES string of the molecule is CC(=O)O[C@@H]1c2cc3ccccc3cc2C=C[C@H]1OC(C)=O. The highest BCUT2D eigenvalue weighted by molar-refractivity contribution is 5.87. The van der Waals surface area contributed by atoms with Gasteiger partial charge in [0, 0.05) is 19.4 Å². The molecule has 0 radical (unpaired) electrons. The maximum Gasteiger partial charge on any atom is 0.303 e. The van der Waals surface area contributed by atoms with E-state index in [9.17, 15) is 9.59 Å². The van der Waals surface area contributed by atoms with Gasteiger partial charge in [0.25, 0.3) is 0 Å². The molecule has 3 rings (SSSR count). The summed E-state index contributed by atoms with van der Waals surface area (Å²) in [6, 6.07) is 12.0. The van der Waals surface area contributed by atoms with Crippen LogP contribution in [0.1, 0.15) is 31.1 Å². The van der Waals surface area contributed by atoms with Crippen molar-refractivity contribution >= 4 is 28.8 Å². The van der Waals surface area contributed by atoms with Crippen LogP contribution >= 0.6 is 0 Å². The van der Waals surface area contributed by atoms with Crippen molar-refractivity contribution < 1.29 is 19.1 Å². The van der Waals surface area contributed by atoms with E-state index >= 15 is 0 Å². The van der Waals surface area contributed by atoms with Crippen molar-refractivity contribution in [3.63, 3.8) is 0 Å². The molecule has 1 aliphatic carbocycles. The average molecular weight is 296 g/mol. The zero-order valence-corrected chi connectivity index (χ0v) is 12.4. The molecular weight excluding hydrogens is 280 g/mol. The molecule has 0 fully saturated rings. The molecule has 0 saturated heterocycles. The monoisotopic (exact) mass is 296 g/mol. The largest absolute Gasteiger partial charge is 0.454 e. The van der Waals surface area contributed by atoms with E-state index in [2.05, 4.69) is 0 Å². The van der Waals surface area contributed by atoms with E-state index in [1.165, 1.54) is 13.8 Å². The third kappa shape index (κ3) is 2.72. The summed E-state index contributed by atoms with van der Waals surface area (Å²) < 4.78 is 10.7. The molecule has 1 aliphatic rings. The van der Waals surface area contributed by atoms with Crippen LogP contribution in [0.5, 0.6) is 0 Å². The van der Waals surface area contributed by atoms with Crippen LogP contribution in [0, 0.1) is 0 Å². The van der Waals surface area contributed by atoms with Gasteiger partial charge in [0.2, 0.25) is 0 Å². The van der Waals surface area contributed by atoms with Crippen LogP contribution in [0.25, 0.3) is 16.8 Å². The summed E-state index contributed by atoms with van der Waals surface area (Å²) in [6.07, 6.45) is 2.43. The summed E-state index contributed by atoms with van der Waals surface area (Å²) in [4.78, 5) is 22.7. The molecule has 0 heterocycles. The lowest BCUT2D eigenvalue weighted by molar-refractivity contribution is -0.162. The minimum atomic E-state index is -0.619. The van der Waals surface area contributed by atoms with Crippen LogP contribution in [0.3, 0.4) is 0 Å². The van der Waals surface area contributed by atoms with E-state index < -0.39 is 24.1 Å². The Kier molecular flexibility index (Phi) is 3.67.